The summed E-state index contributed by atoms with van der Waals surface area (Å²) in [4.78, 5) is 37.1. The van der Waals surface area contributed by atoms with E-state index in [1.807, 2.05) is 0 Å². The van der Waals surface area contributed by atoms with Crippen molar-refractivity contribution in [3.63, 3.8) is 0 Å². The summed E-state index contributed by atoms with van der Waals surface area (Å²) in [5.41, 5.74) is 1.33. The summed E-state index contributed by atoms with van der Waals surface area (Å²) < 4.78 is 31.9. The molecule has 3 N–H and O–H groups in total. The molecule has 3 rings (SSSR count). The minimum Gasteiger partial charge on any atom is -0.497 e. The number of sulfonamides is 1. The molecule has 1 saturated heterocycles. The number of methoxy groups -OCH3 is 1. The van der Waals surface area contributed by atoms with E-state index in [-0.39, 0.29) is 17.9 Å². The van der Waals surface area contributed by atoms with E-state index in [9.17, 15) is 22.8 Å². The molecule has 1 aromatic rings. The Morgan fingerprint density at radius 2 is 1.87 bits per heavy atom. The van der Waals surface area contributed by atoms with Crippen LogP contribution in [0.3, 0.4) is 0 Å². The van der Waals surface area contributed by atoms with Gasteiger partial charge in [0.1, 0.15) is 11.3 Å². The maximum Gasteiger partial charge on any atom is 0.344 e. The molecule has 0 aromatic heterocycles. The molecule has 0 atom stereocenters. The largest absolute Gasteiger partial charge is 0.497 e. The number of hydrazine groups is 1. The molecular formula is C19H26N4O6S. The van der Waals surface area contributed by atoms with Gasteiger partial charge in [-0.1, -0.05) is 6.92 Å². The van der Waals surface area contributed by atoms with Crippen LogP contribution in [0.5, 0.6) is 5.75 Å². The Balaban J connectivity index is 1.52. The number of imide groups is 1. The predicted molar refractivity (Wildman–Crippen MR) is 107 cm³/mol. The zero-order valence-electron chi connectivity index (χ0n) is 16.9. The van der Waals surface area contributed by atoms with Crippen molar-refractivity contribution in [2.45, 2.75) is 49.5 Å². The van der Waals surface area contributed by atoms with Crippen LogP contribution in [-0.4, -0.2) is 50.5 Å². The summed E-state index contributed by atoms with van der Waals surface area (Å²) in [6.45, 7) is 1.91. The average molecular weight is 439 g/mol. The minimum absolute atomic E-state index is 0.0336. The molecule has 2 fully saturated rings. The van der Waals surface area contributed by atoms with Gasteiger partial charge in [0.05, 0.1) is 12.0 Å². The van der Waals surface area contributed by atoms with Crippen LogP contribution in [-0.2, 0) is 19.6 Å². The highest BCUT2D eigenvalue weighted by molar-refractivity contribution is 7.89. The van der Waals surface area contributed by atoms with E-state index in [1.165, 1.54) is 31.4 Å². The fourth-order valence-corrected chi connectivity index (χ4v) is 4.67. The van der Waals surface area contributed by atoms with Crippen molar-refractivity contribution >= 4 is 27.9 Å². The number of carbonyl (C=O) groups excluding carboxylic acids is 3. The summed E-state index contributed by atoms with van der Waals surface area (Å²) in [5.74, 6) is -0.0986. The molecule has 1 aliphatic carbocycles. The Kier molecular flexibility index (Phi) is 6.32. The van der Waals surface area contributed by atoms with Crippen LogP contribution in [0, 0.1) is 5.92 Å². The van der Waals surface area contributed by atoms with Gasteiger partial charge in [0.2, 0.25) is 15.9 Å². The SMILES string of the molecule is COc1ccc(S(=O)(=O)NCCC(=O)NN2C(=O)NC3(CCC(C)CC3)C2=O)cc1. The normalized spacial score (nSPS) is 24.1. The van der Waals surface area contributed by atoms with Gasteiger partial charge in [-0.15, -0.1) is 0 Å². The number of rotatable bonds is 7. The molecule has 4 amide bonds. The lowest BCUT2D eigenvalue weighted by molar-refractivity contribution is -0.140. The number of nitrogens with one attached hydrogen (secondary N) is 3. The van der Waals surface area contributed by atoms with E-state index < -0.39 is 33.4 Å². The molecule has 0 bridgehead atoms. The Morgan fingerprint density at radius 1 is 1.23 bits per heavy atom. The van der Waals surface area contributed by atoms with Crippen molar-refractivity contribution in [2.24, 2.45) is 5.92 Å². The number of nitrogens with zero attached hydrogens (tertiary/aromatic N) is 1. The van der Waals surface area contributed by atoms with Crippen LogP contribution in [0.15, 0.2) is 29.2 Å². The lowest BCUT2D eigenvalue weighted by atomic mass is 9.77. The molecule has 1 spiro atoms. The molecule has 0 radical (unpaired) electrons. The van der Waals surface area contributed by atoms with Gasteiger partial charge in [0, 0.05) is 13.0 Å². The van der Waals surface area contributed by atoms with E-state index >= 15 is 0 Å². The van der Waals surface area contributed by atoms with E-state index in [4.69, 9.17) is 4.74 Å². The number of ether oxygens (including phenoxy) is 1. The molecule has 11 heteroatoms. The molecule has 1 aliphatic heterocycles. The number of hydrogen-bond donors (Lipinski definition) is 3. The summed E-state index contributed by atoms with van der Waals surface area (Å²) in [7, 11) is -2.33. The van der Waals surface area contributed by atoms with Crippen LogP contribution < -0.4 is 20.2 Å². The average Bonchev–Trinajstić information content (AvgIpc) is 2.94. The highest BCUT2D eigenvalue weighted by Crippen LogP contribution is 2.35. The Morgan fingerprint density at radius 3 is 2.47 bits per heavy atom. The van der Waals surface area contributed by atoms with Crippen molar-refractivity contribution < 1.29 is 27.5 Å². The summed E-state index contributed by atoms with van der Waals surface area (Å²) >= 11 is 0. The van der Waals surface area contributed by atoms with Crippen LogP contribution >= 0.6 is 0 Å². The van der Waals surface area contributed by atoms with Crippen molar-refractivity contribution in [1.29, 1.82) is 0 Å². The Labute approximate surface area is 175 Å². The summed E-state index contributed by atoms with van der Waals surface area (Å²) in [6, 6.07) is 5.14. The molecule has 2 aliphatic rings. The maximum atomic E-state index is 12.7. The fraction of sp³-hybridized carbons (Fsp3) is 0.526. The third kappa shape index (κ3) is 4.57. The number of urea groups is 1. The fourth-order valence-electron chi connectivity index (χ4n) is 3.63. The highest BCUT2D eigenvalue weighted by atomic mass is 32.2. The van der Waals surface area contributed by atoms with Crippen molar-refractivity contribution in [1.82, 2.24) is 20.5 Å². The predicted octanol–water partition coefficient (Wildman–Crippen LogP) is 0.896. The molecule has 1 heterocycles. The standard InChI is InChI=1S/C19H26N4O6S/c1-13-7-10-19(11-8-13)17(25)23(18(26)21-19)22-16(24)9-12-20-30(27,28)15-5-3-14(29-2)4-6-15/h3-6,13,20H,7-12H2,1-2H3,(H,21,26)(H,22,24). The molecule has 10 nitrogen and oxygen atoms in total. The first kappa shape index (κ1) is 22.0. The van der Waals surface area contributed by atoms with E-state index in [2.05, 4.69) is 22.4 Å². The van der Waals surface area contributed by atoms with Crippen LogP contribution in [0.1, 0.15) is 39.0 Å². The van der Waals surface area contributed by atoms with Crippen LogP contribution in [0.25, 0.3) is 0 Å². The number of benzene rings is 1. The summed E-state index contributed by atoms with van der Waals surface area (Å²) in [6.07, 6.45) is 2.47. The summed E-state index contributed by atoms with van der Waals surface area (Å²) in [5, 5.41) is 3.41. The quantitative estimate of drug-likeness (QED) is 0.542. The molecule has 1 saturated carbocycles. The Hall–Kier alpha value is -2.66. The third-order valence-corrected chi connectivity index (χ3v) is 7.02. The number of hydrogen-bond acceptors (Lipinski definition) is 6. The Bertz CT molecular complexity index is 923. The monoisotopic (exact) mass is 438 g/mol. The lowest BCUT2D eigenvalue weighted by Crippen LogP contribution is -2.51. The second-order valence-electron chi connectivity index (χ2n) is 7.69. The van der Waals surface area contributed by atoms with Gasteiger partial charge in [-0.05, 0) is 55.9 Å². The van der Waals surface area contributed by atoms with Gasteiger partial charge < -0.3 is 10.1 Å². The van der Waals surface area contributed by atoms with Gasteiger partial charge >= 0.3 is 6.03 Å². The van der Waals surface area contributed by atoms with Crippen molar-refractivity contribution in [3.05, 3.63) is 24.3 Å². The number of carbonyl (C=O) groups is 3. The lowest BCUT2D eigenvalue weighted by Gasteiger charge is -2.33. The maximum absolute atomic E-state index is 12.7. The molecular weight excluding hydrogens is 412 g/mol. The van der Waals surface area contributed by atoms with Crippen LogP contribution in [0.4, 0.5) is 4.79 Å². The van der Waals surface area contributed by atoms with Crippen molar-refractivity contribution in [3.8, 4) is 5.75 Å². The molecule has 1 aromatic carbocycles. The second kappa shape index (κ2) is 8.60. The minimum atomic E-state index is -3.80. The van der Waals surface area contributed by atoms with Gasteiger partial charge in [-0.2, -0.15) is 5.01 Å². The zero-order chi connectivity index (χ0) is 21.9. The highest BCUT2D eigenvalue weighted by Gasteiger charge is 2.52. The second-order valence-corrected chi connectivity index (χ2v) is 9.46. The van der Waals surface area contributed by atoms with E-state index in [0.717, 1.165) is 12.8 Å². The van der Waals surface area contributed by atoms with Gasteiger partial charge in [0.25, 0.3) is 5.91 Å². The molecule has 0 unspecified atom stereocenters. The van der Waals surface area contributed by atoms with Gasteiger partial charge in [-0.3, -0.25) is 15.0 Å². The first-order valence-electron chi connectivity index (χ1n) is 9.77. The zero-order valence-corrected chi connectivity index (χ0v) is 17.8. The number of amides is 4. The smallest absolute Gasteiger partial charge is 0.344 e. The molecule has 30 heavy (non-hydrogen) atoms. The first-order valence-corrected chi connectivity index (χ1v) is 11.2. The van der Waals surface area contributed by atoms with Gasteiger partial charge in [0.15, 0.2) is 0 Å². The van der Waals surface area contributed by atoms with Crippen LogP contribution in [0.2, 0.25) is 0 Å². The van der Waals surface area contributed by atoms with Gasteiger partial charge in [-0.25, -0.2) is 17.9 Å². The van der Waals surface area contributed by atoms with E-state index in [0.29, 0.717) is 29.5 Å². The topological polar surface area (TPSA) is 134 Å². The molecule has 164 valence electrons. The van der Waals surface area contributed by atoms with Crippen molar-refractivity contribution in [2.75, 3.05) is 13.7 Å². The third-order valence-electron chi connectivity index (χ3n) is 5.54. The van der Waals surface area contributed by atoms with E-state index in [1.54, 1.807) is 0 Å². The first-order chi connectivity index (χ1) is 14.2.